The number of rotatable bonds is 7. The van der Waals surface area contributed by atoms with Gasteiger partial charge in [-0.2, -0.15) is 0 Å². The second-order valence-corrected chi connectivity index (χ2v) is 7.02. The number of pyridine rings is 2. The summed E-state index contributed by atoms with van der Waals surface area (Å²) in [5.74, 6) is -1.50. The van der Waals surface area contributed by atoms with Crippen molar-refractivity contribution in [2.24, 2.45) is 0 Å². The molecule has 3 aromatic rings. The molecule has 1 atom stereocenters. The molecule has 1 unspecified atom stereocenters. The van der Waals surface area contributed by atoms with E-state index in [0.29, 0.717) is 11.9 Å². The van der Waals surface area contributed by atoms with Gasteiger partial charge in [0.2, 0.25) is 0 Å². The van der Waals surface area contributed by atoms with Crippen molar-refractivity contribution in [3.63, 3.8) is 0 Å². The van der Waals surface area contributed by atoms with Crippen LogP contribution in [0.25, 0.3) is 11.0 Å². The lowest BCUT2D eigenvalue weighted by Gasteiger charge is -2.16. The van der Waals surface area contributed by atoms with Crippen LogP contribution >= 0.6 is 0 Å². The van der Waals surface area contributed by atoms with Crippen molar-refractivity contribution in [2.45, 2.75) is 25.9 Å². The van der Waals surface area contributed by atoms with E-state index in [1.165, 1.54) is 23.8 Å². The molecule has 1 radical (unpaired) electrons. The lowest BCUT2D eigenvalue weighted by molar-refractivity contribution is 0.0901. The van der Waals surface area contributed by atoms with Crippen molar-refractivity contribution >= 4 is 16.9 Å². The van der Waals surface area contributed by atoms with Gasteiger partial charge in [-0.1, -0.05) is 12.1 Å². The number of methoxy groups -OCH3 is 1. The van der Waals surface area contributed by atoms with Gasteiger partial charge in [0.05, 0.1) is 12.1 Å². The van der Waals surface area contributed by atoms with Crippen LogP contribution in [0.1, 0.15) is 28.4 Å². The fourth-order valence-electron chi connectivity index (χ4n) is 3.30. The Balaban J connectivity index is 2.05. The molecule has 0 bridgehead atoms. The lowest BCUT2D eigenvalue weighted by Crippen LogP contribution is -2.39. The minimum atomic E-state index is -0.705. The highest BCUT2D eigenvalue weighted by Gasteiger charge is 2.24. The molecule has 7 nitrogen and oxygen atoms in total. The number of halogens is 1. The number of ether oxygens (including phenoxy) is 1. The van der Waals surface area contributed by atoms with Crippen LogP contribution in [0.5, 0.6) is 5.75 Å². The van der Waals surface area contributed by atoms with E-state index in [9.17, 15) is 19.1 Å². The summed E-state index contributed by atoms with van der Waals surface area (Å²) in [5.41, 5.74) is 1.10. The summed E-state index contributed by atoms with van der Waals surface area (Å²) >= 11 is 0. The molecule has 2 aromatic heterocycles. The van der Waals surface area contributed by atoms with Gasteiger partial charge in [-0.3, -0.25) is 14.6 Å². The first-order valence-electron chi connectivity index (χ1n) is 9.43. The highest BCUT2D eigenvalue weighted by molar-refractivity contribution is 6.01. The number of hydrogen-bond donors (Lipinski definition) is 2. The highest BCUT2D eigenvalue weighted by atomic mass is 19.1. The molecule has 2 N–H and O–H groups in total. The van der Waals surface area contributed by atoms with Crippen LogP contribution in [0.15, 0.2) is 41.3 Å². The molecule has 0 spiro atoms. The van der Waals surface area contributed by atoms with Gasteiger partial charge in [0.15, 0.2) is 5.75 Å². The van der Waals surface area contributed by atoms with Crippen molar-refractivity contribution in [2.75, 3.05) is 13.7 Å². The van der Waals surface area contributed by atoms with Crippen LogP contribution in [0.4, 0.5) is 4.39 Å². The first kappa shape index (κ1) is 21.4. The average Bonchev–Trinajstić information content (AvgIpc) is 2.70. The molecule has 0 fully saturated rings. The van der Waals surface area contributed by atoms with Crippen LogP contribution in [-0.4, -0.2) is 40.3 Å². The molecule has 1 aromatic carbocycles. The van der Waals surface area contributed by atoms with Gasteiger partial charge in [-0.25, -0.2) is 4.39 Å². The third-order valence-corrected chi connectivity index (χ3v) is 4.70. The van der Waals surface area contributed by atoms with E-state index < -0.39 is 17.2 Å². The molecule has 0 saturated carbocycles. The van der Waals surface area contributed by atoms with Crippen LogP contribution in [0, 0.1) is 12.7 Å². The summed E-state index contributed by atoms with van der Waals surface area (Å²) < 4.78 is 19.4. The van der Waals surface area contributed by atoms with Gasteiger partial charge in [0.25, 0.3) is 11.5 Å². The van der Waals surface area contributed by atoms with Crippen molar-refractivity contribution in [1.29, 1.82) is 0 Å². The first-order chi connectivity index (χ1) is 14.3. The average molecular weight is 412 g/mol. The predicted octanol–water partition coefficient (Wildman–Crippen LogP) is 2.43. The maximum atomic E-state index is 13.1. The molecular formula is C22H23FN3O4. The number of amides is 1. The summed E-state index contributed by atoms with van der Waals surface area (Å²) in [7, 11) is 1.50. The Morgan fingerprint density at radius 3 is 2.67 bits per heavy atom. The standard InChI is InChI=1S/C22H23FN3O4/c1-4-26-17-10-15(9-14-5-7-16(23)8-6-14)11-24-19(17)20(27)18(22(26)29)21(28)25-13(2)12-30-3/h5-8,10-11,13,27H,1,4,9,12H2,2-3H3,(H,25,28). The Labute approximate surface area is 173 Å². The molecule has 8 heteroatoms. The second-order valence-electron chi connectivity index (χ2n) is 7.02. The van der Waals surface area contributed by atoms with E-state index in [0.717, 1.165) is 11.1 Å². The minimum Gasteiger partial charge on any atom is -0.505 e. The predicted molar refractivity (Wildman–Crippen MR) is 111 cm³/mol. The Hall–Kier alpha value is -3.26. The van der Waals surface area contributed by atoms with Gasteiger partial charge in [-0.05, 0) is 49.6 Å². The van der Waals surface area contributed by atoms with Crippen LogP contribution in [0.2, 0.25) is 0 Å². The third-order valence-electron chi connectivity index (χ3n) is 4.70. The summed E-state index contributed by atoms with van der Waals surface area (Å²) in [6.45, 7) is 5.80. The van der Waals surface area contributed by atoms with Crippen molar-refractivity contribution < 1.29 is 19.0 Å². The van der Waals surface area contributed by atoms with E-state index >= 15 is 0 Å². The smallest absolute Gasteiger partial charge is 0.267 e. The number of fused-ring (bicyclic) bond motifs is 1. The second kappa shape index (κ2) is 9.04. The minimum absolute atomic E-state index is 0.0468. The third kappa shape index (κ3) is 4.33. The van der Waals surface area contributed by atoms with Crippen molar-refractivity contribution in [3.8, 4) is 5.75 Å². The molecule has 0 saturated heterocycles. The highest BCUT2D eigenvalue weighted by Crippen LogP contribution is 2.26. The van der Waals surface area contributed by atoms with Crippen LogP contribution < -0.4 is 10.9 Å². The molecular weight excluding hydrogens is 389 g/mol. The number of nitrogens with zero attached hydrogens (tertiary/aromatic N) is 2. The molecule has 1 amide bonds. The maximum Gasteiger partial charge on any atom is 0.267 e. The summed E-state index contributed by atoms with van der Waals surface area (Å²) in [6.07, 6.45) is 2.02. The van der Waals surface area contributed by atoms with Gasteiger partial charge >= 0.3 is 0 Å². The molecule has 0 aliphatic rings. The number of carbonyl (C=O) groups is 1. The van der Waals surface area contributed by atoms with E-state index in [1.54, 1.807) is 31.3 Å². The topological polar surface area (TPSA) is 93.5 Å². The summed E-state index contributed by atoms with van der Waals surface area (Å²) in [4.78, 5) is 29.8. The lowest BCUT2D eigenvalue weighted by atomic mass is 10.1. The first-order valence-corrected chi connectivity index (χ1v) is 9.43. The molecule has 157 valence electrons. The van der Waals surface area contributed by atoms with Crippen molar-refractivity contribution in [1.82, 2.24) is 14.9 Å². The normalized spacial score (nSPS) is 12.1. The van der Waals surface area contributed by atoms with E-state index in [1.807, 2.05) is 0 Å². The van der Waals surface area contributed by atoms with Crippen LogP contribution in [-0.2, 0) is 17.7 Å². The fraction of sp³-hybridized carbons (Fsp3) is 0.273. The number of nitrogens with one attached hydrogen (secondary N) is 1. The molecule has 3 rings (SSSR count). The molecule has 2 heterocycles. The van der Waals surface area contributed by atoms with E-state index in [-0.39, 0.29) is 36.1 Å². The zero-order valence-electron chi connectivity index (χ0n) is 16.8. The van der Waals surface area contributed by atoms with E-state index in [2.05, 4.69) is 17.2 Å². The number of aromatic nitrogens is 2. The largest absolute Gasteiger partial charge is 0.505 e. The van der Waals surface area contributed by atoms with E-state index in [4.69, 9.17) is 4.74 Å². The maximum absolute atomic E-state index is 13.1. The fourth-order valence-corrected chi connectivity index (χ4v) is 3.30. The van der Waals surface area contributed by atoms with Gasteiger partial charge in [0.1, 0.15) is 16.9 Å². The van der Waals surface area contributed by atoms with Gasteiger partial charge in [0, 0.05) is 25.9 Å². The monoisotopic (exact) mass is 412 g/mol. The Morgan fingerprint density at radius 1 is 1.33 bits per heavy atom. The zero-order valence-corrected chi connectivity index (χ0v) is 16.8. The number of benzene rings is 1. The summed E-state index contributed by atoms with van der Waals surface area (Å²) in [5, 5.41) is 13.3. The molecule has 30 heavy (non-hydrogen) atoms. The zero-order chi connectivity index (χ0) is 21.8. The molecule has 0 aliphatic heterocycles. The van der Waals surface area contributed by atoms with Crippen molar-refractivity contribution in [3.05, 3.63) is 76.3 Å². The van der Waals surface area contributed by atoms with Crippen LogP contribution in [0.3, 0.4) is 0 Å². The number of carbonyl (C=O) groups excluding carboxylic acids is 1. The SMILES string of the molecule is [CH2]Cn1c(=O)c(C(=O)NC(C)COC)c(O)c2ncc(Cc3ccc(F)cc3)cc21. The Bertz CT molecular complexity index is 1130. The van der Waals surface area contributed by atoms with Gasteiger partial charge in [-0.15, -0.1) is 0 Å². The summed E-state index contributed by atoms with van der Waals surface area (Å²) in [6, 6.07) is 7.44. The van der Waals surface area contributed by atoms with Gasteiger partial charge < -0.3 is 19.7 Å². The number of aromatic hydroxyl groups is 1. The Morgan fingerprint density at radius 2 is 2.03 bits per heavy atom. The number of hydrogen-bond acceptors (Lipinski definition) is 5. The molecule has 0 aliphatic carbocycles. The Kier molecular flexibility index (Phi) is 6.47. The quantitative estimate of drug-likeness (QED) is 0.622.